The number of ether oxygens (including phenoxy) is 3. The van der Waals surface area contributed by atoms with Gasteiger partial charge in [-0.05, 0) is 49.6 Å². The van der Waals surface area contributed by atoms with Crippen LogP contribution in [-0.2, 0) is 20.9 Å². The van der Waals surface area contributed by atoms with Crippen LogP contribution in [0.2, 0.25) is 0 Å². The molecule has 0 spiro atoms. The molecule has 0 atom stereocenters. The summed E-state index contributed by atoms with van der Waals surface area (Å²) in [6.45, 7) is 3.03. The molecule has 2 rings (SSSR count). The molecule has 0 aliphatic rings. The van der Waals surface area contributed by atoms with Crippen molar-refractivity contribution in [3.05, 3.63) is 65.7 Å². The zero-order valence-corrected chi connectivity index (χ0v) is 18.6. The first-order chi connectivity index (χ1) is 15.6. The van der Waals surface area contributed by atoms with E-state index < -0.39 is 6.09 Å². The molecule has 1 amide bonds. The van der Waals surface area contributed by atoms with Crippen LogP contribution in [-0.4, -0.2) is 31.1 Å². The Morgan fingerprint density at radius 1 is 0.875 bits per heavy atom. The Balaban J connectivity index is 1.63. The minimum absolute atomic E-state index is 0.0948. The lowest BCUT2D eigenvalue weighted by Gasteiger charge is -2.07. The molecule has 0 bridgehead atoms. The van der Waals surface area contributed by atoms with Crippen LogP contribution in [0, 0.1) is 0 Å². The number of hydrogen-bond donors (Lipinski definition) is 1. The van der Waals surface area contributed by atoms with Crippen LogP contribution in [0.5, 0.6) is 5.75 Å². The minimum Gasteiger partial charge on any atom is -0.494 e. The van der Waals surface area contributed by atoms with Crippen LogP contribution in [0.25, 0.3) is 0 Å². The summed E-state index contributed by atoms with van der Waals surface area (Å²) in [5.41, 5.74) is 7.41. The number of nitrogens with two attached hydrogens (primary N) is 1. The van der Waals surface area contributed by atoms with Gasteiger partial charge in [0.05, 0.1) is 13.2 Å². The molecule has 32 heavy (non-hydrogen) atoms. The molecule has 2 N–H and O–H groups in total. The summed E-state index contributed by atoms with van der Waals surface area (Å²) in [4.78, 5) is 26.9. The molecule has 0 aromatic heterocycles. The van der Waals surface area contributed by atoms with Gasteiger partial charge < -0.3 is 19.9 Å². The fraction of sp³-hybridized carbons (Fsp3) is 0.400. The molecule has 0 saturated carbocycles. The van der Waals surface area contributed by atoms with Gasteiger partial charge in [-0.3, -0.25) is 4.79 Å². The number of esters is 1. The van der Waals surface area contributed by atoms with Gasteiger partial charge in [0, 0.05) is 12.0 Å². The van der Waals surface area contributed by atoms with Crippen molar-refractivity contribution >= 4 is 17.9 Å². The quantitative estimate of drug-likeness (QED) is 0.203. The van der Waals surface area contributed by atoms with Gasteiger partial charge >= 0.3 is 12.1 Å². The third kappa shape index (κ3) is 10.1. The minimum atomic E-state index is -0.728. The number of aliphatic imine (C=N–C) groups is 1. The molecule has 2 aromatic rings. The van der Waals surface area contributed by atoms with E-state index in [4.69, 9.17) is 19.9 Å². The van der Waals surface area contributed by atoms with Crippen LogP contribution >= 0.6 is 0 Å². The second-order valence-corrected chi connectivity index (χ2v) is 7.23. The van der Waals surface area contributed by atoms with E-state index in [1.165, 1.54) is 0 Å². The highest BCUT2D eigenvalue weighted by atomic mass is 16.5. The molecule has 2 aromatic carbocycles. The summed E-state index contributed by atoms with van der Waals surface area (Å²) >= 11 is 0. The molecule has 0 aliphatic carbocycles. The number of carbonyl (C=O) groups is 2. The molecular weight excluding hydrogens is 408 g/mol. The third-order valence-electron chi connectivity index (χ3n) is 4.67. The maximum absolute atomic E-state index is 11.9. The summed E-state index contributed by atoms with van der Waals surface area (Å²) in [5, 5.41) is 0. The normalized spacial score (nSPS) is 11.1. The summed E-state index contributed by atoms with van der Waals surface area (Å²) < 4.78 is 15.8. The number of amidine groups is 1. The smallest absolute Gasteiger partial charge is 0.435 e. The lowest BCUT2D eigenvalue weighted by molar-refractivity contribution is -0.143. The van der Waals surface area contributed by atoms with Crippen molar-refractivity contribution in [2.75, 3.05) is 13.2 Å². The fourth-order valence-corrected chi connectivity index (χ4v) is 2.96. The molecule has 7 nitrogen and oxygen atoms in total. The largest absolute Gasteiger partial charge is 0.494 e. The van der Waals surface area contributed by atoms with Crippen molar-refractivity contribution in [2.24, 2.45) is 10.7 Å². The highest BCUT2D eigenvalue weighted by molar-refractivity contribution is 6.02. The lowest BCUT2D eigenvalue weighted by atomic mass is 10.1. The van der Waals surface area contributed by atoms with Gasteiger partial charge in [-0.15, -0.1) is 0 Å². The van der Waals surface area contributed by atoms with E-state index in [-0.39, 0.29) is 18.4 Å². The predicted octanol–water partition coefficient (Wildman–Crippen LogP) is 5.01. The summed E-state index contributed by atoms with van der Waals surface area (Å²) in [6.07, 6.45) is 4.70. The lowest BCUT2D eigenvalue weighted by Crippen LogP contribution is -2.16. The van der Waals surface area contributed by atoms with Gasteiger partial charge in [0.1, 0.15) is 18.2 Å². The Hall–Kier alpha value is -3.35. The van der Waals surface area contributed by atoms with E-state index >= 15 is 0 Å². The van der Waals surface area contributed by atoms with Crippen molar-refractivity contribution in [3.63, 3.8) is 0 Å². The molecule has 0 aliphatic heterocycles. The van der Waals surface area contributed by atoms with E-state index in [0.29, 0.717) is 25.2 Å². The molecule has 0 heterocycles. The van der Waals surface area contributed by atoms with Crippen LogP contribution in [0.3, 0.4) is 0 Å². The molecule has 0 unspecified atom stereocenters. The first-order valence-electron chi connectivity index (χ1n) is 11.0. The Bertz CT molecular complexity index is 850. The number of benzene rings is 2. The van der Waals surface area contributed by atoms with Gasteiger partial charge in [0.15, 0.2) is 0 Å². The first kappa shape index (κ1) is 24.9. The molecule has 0 fully saturated rings. The Morgan fingerprint density at radius 2 is 1.56 bits per heavy atom. The van der Waals surface area contributed by atoms with E-state index in [9.17, 15) is 9.59 Å². The van der Waals surface area contributed by atoms with Gasteiger partial charge in [-0.25, -0.2) is 4.79 Å². The number of carbonyl (C=O) groups excluding carboxylic acids is 2. The van der Waals surface area contributed by atoms with Crippen molar-refractivity contribution in [1.82, 2.24) is 0 Å². The summed E-state index contributed by atoms with van der Waals surface area (Å²) in [6, 6.07) is 16.5. The Morgan fingerprint density at radius 3 is 2.28 bits per heavy atom. The first-order valence-corrected chi connectivity index (χ1v) is 11.0. The molecular formula is C25H32N2O5. The standard InChI is InChI=1S/C25H32N2O5/c1-2-30-23(28)13-9-4-3-5-10-18-31-22-16-14-21(15-17-22)24(26)27-25(29)32-19-20-11-7-6-8-12-20/h6-8,11-12,14-17H,2-5,9-10,13,18-19H2,1H3,(H2,26,27,29). The number of hydrogen-bond acceptors (Lipinski definition) is 5. The molecule has 7 heteroatoms. The number of unbranched alkanes of at least 4 members (excludes halogenated alkanes) is 4. The van der Waals surface area contributed by atoms with Crippen molar-refractivity contribution in [2.45, 2.75) is 52.1 Å². The highest BCUT2D eigenvalue weighted by Gasteiger charge is 2.06. The predicted molar refractivity (Wildman–Crippen MR) is 124 cm³/mol. The van der Waals surface area contributed by atoms with Gasteiger partial charge in [-0.2, -0.15) is 4.99 Å². The van der Waals surface area contributed by atoms with Crippen LogP contribution in [0.1, 0.15) is 56.6 Å². The zero-order chi connectivity index (χ0) is 23.0. The van der Waals surface area contributed by atoms with Crippen LogP contribution < -0.4 is 10.5 Å². The van der Waals surface area contributed by atoms with E-state index in [1.54, 1.807) is 24.3 Å². The van der Waals surface area contributed by atoms with E-state index in [1.807, 2.05) is 37.3 Å². The van der Waals surface area contributed by atoms with Gasteiger partial charge in [0.2, 0.25) is 0 Å². The highest BCUT2D eigenvalue weighted by Crippen LogP contribution is 2.14. The molecule has 0 saturated heterocycles. The maximum atomic E-state index is 11.9. The number of nitrogens with zero attached hydrogens (tertiary/aromatic N) is 1. The van der Waals surface area contributed by atoms with Crippen LogP contribution in [0.15, 0.2) is 59.6 Å². The van der Waals surface area contributed by atoms with Crippen molar-refractivity contribution < 1.29 is 23.8 Å². The van der Waals surface area contributed by atoms with Crippen LogP contribution in [0.4, 0.5) is 4.79 Å². The number of amides is 1. The topological polar surface area (TPSA) is 100 Å². The second-order valence-electron chi connectivity index (χ2n) is 7.23. The van der Waals surface area contributed by atoms with Crippen molar-refractivity contribution in [3.8, 4) is 5.75 Å². The molecule has 172 valence electrons. The SMILES string of the molecule is CCOC(=O)CCCCCCCOc1ccc(/C(N)=N\C(=O)OCc2ccccc2)cc1. The zero-order valence-electron chi connectivity index (χ0n) is 18.6. The number of rotatable bonds is 13. The Labute approximate surface area is 189 Å². The van der Waals surface area contributed by atoms with Gasteiger partial charge in [0.25, 0.3) is 0 Å². The molecule has 0 radical (unpaired) electrons. The third-order valence-corrected chi connectivity index (χ3v) is 4.67. The summed E-state index contributed by atoms with van der Waals surface area (Å²) in [7, 11) is 0. The maximum Gasteiger partial charge on any atom is 0.435 e. The fourth-order valence-electron chi connectivity index (χ4n) is 2.96. The summed E-state index contributed by atoms with van der Waals surface area (Å²) in [5.74, 6) is 0.710. The van der Waals surface area contributed by atoms with E-state index in [0.717, 1.165) is 43.4 Å². The van der Waals surface area contributed by atoms with Crippen molar-refractivity contribution in [1.29, 1.82) is 0 Å². The average Bonchev–Trinajstić information content (AvgIpc) is 2.80. The average molecular weight is 441 g/mol. The Kier molecular flexibility index (Phi) is 11.4. The van der Waals surface area contributed by atoms with E-state index in [2.05, 4.69) is 4.99 Å². The second kappa shape index (κ2) is 14.6. The van der Waals surface area contributed by atoms with Gasteiger partial charge in [-0.1, -0.05) is 49.6 Å². The monoisotopic (exact) mass is 440 g/mol.